The van der Waals surface area contributed by atoms with Crippen LogP contribution in [-0.2, 0) is 6.42 Å². The average molecular weight is 336 g/mol. The molecule has 2 aromatic carbocycles. The first-order valence-corrected chi connectivity index (χ1v) is 7.68. The molecule has 20 heavy (non-hydrogen) atoms. The molecule has 106 valence electrons. The van der Waals surface area contributed by atoms with Crippen molar-refractivity contribution >= 4 is 15.9 Å². The maximum Gasteiger partial charge on any atom is 0.123 e. The number of nitrogens with one attached hydrogen (secondary N) is 1. The van der Waals surface area contributed by atoms with Crippen molar-refractivity contribution in [3.8, 4) is 0 Å². The van der Waals surface area contributed by atoms with Gasteiger partial charge in [-0.1, -0.05) is 40.2 Å². The van der Waals surface area contributed by atoms with E-state index >= 15 is 0 Å². The summed E-state index contributed by atoms with van der Waals surface area (Å²) in [5.74, 6) is -0.171. The van der Waals surface area contributed by atoms with Gasteiger partial charge < -0.3 is 5.32 Å². The molecule has 0 aliphatic carbocycles. The Morgan fingerprint density at radius 3 is 2.35 bits per heavy atom. The normalized spacial score (nSPS) is 12.3. The lowest BCUT2D eigenvalue weighted by Gasteiger charge is -2.14. The zero-order valence-corrected chi connectivity index (χ0v) is 13.2. The molecule has 0 fully saturated rings. The molecule has 0 amide bonds. The van der Waals surface area contributed by atoms with E-state index in [4.69, 9.17) is 0 Å². The smallest absolute Gasteiger partial charge is 0.123 e. The van der Waals surface area contributed by atoms with Gasteiger partial charge in [0.05, 0.1) is 0 Å². The molecule has 2 aromatic rings. The van der Waals surface area contributed by atoms with Crippen molar-refractivity contribution in [2.45, 2.75) is 25.8 Å². The molecule has 0 bridgehead atoms. The molecule has 0 saturated heterocycles. The Hall–Kier alpha value is -1.19. The summed E-state index contributed by atoms with van der Waals surface area (Å²) in [6.07, 6.45) is 2.02. The zero-order chi connectivity index (χ0) is 14.4. The fourth-order valence-electron chi connectivity index (χ4n) is 2.13. The van der Waals surface area contributed by atoms with Gasteiger partial charge in [0.25, 0.3) is 0 Å². The summed E-state index contributed by atoms with van der Waals surface area (Å²) in [6, 6.07) is 15.5. The standard InChI is InChI=1S/C17H19BrFN/c1-13(15-6-8-16(18)9-7-15)20-12-2-3-14-4-10-17(19)11-5-14/h4-11,13,20H,2-3,12H2,1H3/t13-/m0/s1. The summed E-state index contributed by atoms with van der Waals surface area (Å²) in [4.78, 5) is 0. The molecule has 2 rings (SSSR count). The number of hydrogen-bond acceptors (Lipinski definition) is 1. The van der Waals surface area contributed by atoms with E-state index in [1.807, 2.05) is 12.1 Å². The van der Waals surface area contributed by atoms with E-state index in [-0.39, 0.29) is 5.82 Å². The number of halogens is 2. The molecule has 0 radical (unpaired) electrons. The van der Waals surface area contributed by atoms with E-state index in [1.165, 1.54) is 23.3 Å². The first kappa shape index (κ1) is 15.2. The van der Waals surface area contributed by atoms with E-state index in [0.29, 0.717) is 6.04 Å². The van der Waals surface area contributed by atoms with Crippen LogP contribution in [0.2, 0.25) is 0 Å². The lowest BCUT2D eigenvalue weighted by atomic mass is 10.1. The molecule has 0 saturated carbocycles. The molecule has 0 aromatic heterocycles. The van der Waals surface area contributed by atoms with E-state index in [0.717, 1.165) is 23.9 Å². The predicted molar refractivity (Wildman–Crippen MR) is 85.3 cm³/mol. The summed E-state index contributed by atoms with van der Waals surface area (Å²) in [6.45, 7) is 3.12. The molecule has 3 heteroatoms. The van der Waals surface area contributed by atoms with Crippen molar-refractivity contribution < 1.29 is 4.39 Å². The molecule has 0 aliphatic heterocycles. The largest absolute Gasteiger partial charge is 0.310 e. The van der Waals surface area contributed by atoms with Crippen LogP contribution in [0.25, 0.3) is 0 Å². The zero-order valence-electron chi connectivity index (χ0n) is 11.6. The summed E-state index contributed by atoms with van der Waals surface area (Å²) in [5, 5.41) is 3.51. The third-order valence-corrected chi connectivity index (χ3v) is 3.90. The fraction of sp³-hybridized carbons (Fsp3) is 0.294. The highest BCUT2D eigenvalue weighted by atomic mass is 79.9. The van der Waals surface area contributed by atoms with Gasteiger partial charge in [-0.25, -0.2) is 4.39 Å². The number of aryl methyl sites for hydroxylation is 1. The maximum absolute atomic E-state index is 12.8. The first-order chi connectivity index (χ1) is 9.65. The minimum atomic E-state index is -0.171. The molecule has 0 aliphatic rings. The van der Waals surface area contributed by atoms with E-state index < -0.39 is 0 Å². The highest BCUT2D eigenvalue weighted by molar-refractivity contribution is 9.10. The number of rotatable bonds is 6. The lowest BCUT2D eigenvalue weighted by molar-refractivity contribution is 0.558. The van der Waals surface area contributed by atoms with Crippen LogP contribution in [0.3, 0.4) is 0 Å². The third-order valence-electron chi connectivity index (χ3n) is 3.38. The lowest BCUT2D eigenvalue weighted by Crippen LogP contribution is -2.20. The van der Waals surface area contributed by atoms with Crippen molar-refractivity contribution in [2.75, 3.05) is 6.54 Å². The Bertz CT molecular complexity index is 522. The maximum atomic E-state index is 12.8. The highest BCUT2D eigenvalue weighted by Crippen LogP contribution is 2.16. The van der Waals surface area contributed by atoms with Gasteiger partial charge in [-0.05, 0) is 61.7 Å². The van der Waals surface area contributed by atoms with Crippen LogP contribution in [0.15, 0.2) is 53.0 Å². The molecular weight excluding hydrogens is 317 g/mol. The van der Waals surface area contributed by atoms with E-state index in [9.17, 15) is 4.39 Å². The topological polar surface area (TPSA) is 12.0 Å². The minimum absolute atomic E-state index is 0.171. The van der Waals surface area contributed by atoms with Crippen LogP contribution in [0.4, 0.5) is 4.39 Å². The Morgan fingerprint density at radius 2 is 1.70 bits per heavy atom. The quantitative estimate of drug-likeness (QED) is 0.742. The van der Waals surface area contributed by atoms with Crippen LogP contribution >= 0.6 is 15.9 Å². The van der Waals surface area contributed by atoms with Gasteiger partial charge >= 0.3 is 0 Å². The van der Waals surface area contributed by atoms with Crippen molar-refractivity contribution in [3.63, 3.8) is 0 Å². The Kier molecular flexibility index (Phi) is 5.74. The third kappa shape index (κ3) is 4.73. The monoisotopic (exact) mass is 335 g/mol. The Labute approximate surface area is 128 Å². The highest BCUT2D eigenvalue weighted by Gasteiger charge is 2.03. The molecule has 0 heterocycles. The van der Waals surface area contributed by atoms with Gasteiger partial charge in [-0.2, -0.15) is 0 Å². The van der Waals surface area contributed by atoms with Crippen LogP contribution < -0.4 is 5.32 Å². The van der Waals surface area contributed by atoms with Crippen LogP contribution in [0.1, 0.15) is 30.5 Å². The van der Waals surface area contributed by atoms with E-state index in [1.54, 1.807) is 0 Å². The minimum Gasteiger partial charge on any atom is -0.310 e. The molecule has 1 nitrogen and oxygen atoms in total. The molecule has 0 unspecified atom stereocenters. The second-order valence-corrected chi connectivity index (χ2v) is 5.87. The van der Waals surface area contributed by atoms with Gasteiger partial charge in [0.2, 0.25) is 0 Å². The van der Waals surface area contributed by atoms with Crippen LogP contribution in [0, 0.1) is 5.82 Å². The van der Waals surface area contributed by atoms with Gasteiger partial charge in [-0.3, -0.25) is 0 Å². The summed E-state index contributed by atoms with van der Waals surface area (Å²) in [5.41, 5.74) is 2.47. The number of benzene rings is 2. The summed E-state index contributed by atoms with van der Waals surface area (Å²) >= 11 is 3.44. The molecule has 1 atom stereocenters. The van der Waals surface area contributed by atoms with Crippen molar-refractivity contribution in [3.05, 3.63) is 69.9 Å². The van der Waals surface area contributed by atoms with Gasteiger partial charge in [0.15, 0.2) is 0 Å². The Balaban J connectivity index is 1.72. The molecule has 1 N–H and O–H groups in total. The second kappa shape index (κ2) is 7.55. The number of hydrogen-bond donors (Lipinski definition) is 1. The Morgan fingerprint density at radius 1 is 1.05 bits per heavy atom. The molecule has 0 spiro atoms. The van der Waals surface area contributed by atoms with Gasteiger partial charge in [0.1, 0.15) is 5.82 Å². The fourth-order valence-corrected chi connectivity index (χ4v) is 2.40. The van der Waals surface area contributed by atoms with Crippen molar-refractivity contribution in [1.29, 1.82) is 0 Å². The van der Waals surface area contributed by atoms with Crippen LogP contribution in [0.5, 0.6) is 0 Å². The molecular formula is C17H19BrFN. The first-order valence-electron chi connectivity index (χ1n) is 6.88. The average Bonchev–Trinajstić information content (AvgIpc) is 2.46. The van der Waals surface area contributed by atoms with Crippen molar-refractivity contribution in [1.82, 2.24) is 5.32 Å². The SMILES string of the molecule is C[C@H](NCCCc1ccc(F)cc1)c1ccc(Br)cc1. The van der Waals surface area contributed by atoms with Crippen molar-refractivity contribution in [2.24, 2.45) is 0 Å². The predicted octanol–water partition coefficient (Wildman–Crippen LogP) is 4.87. The van der Waals surface area contributed by atoms with Gasteiger partial charge in [-0.15, -0.1) is 0 Å². The van der Waals surface area contributed by atoms with Crippen LogP contribution in [-0.4, -0.2) is 6.54 Å². The van der Waals surface area contributed by atoms with Gasteiger partial charge in [0, 0.05) is 10.5 Å². The van der Waals surface area contributed by atoms with E-state index in [2.05, 4.69) is 52.4 Å². The second-order valence-electron chi connectivity index (χ2n) is 4.96. The summed E-state index contributed by atoms with van der Waals surface area (Å²) < 4.78 is 13.9. The summed E-state index contributed by atoms with van der Waals surface area (Å²) in [7, 11) is 0.